The average molecular weight is 354 g/mol. The van der Waals surface area contributed by atoms with Crippen LogP contribution in [0.25, 0.3) is 0 Å². The molecule has 1 aromatic heterocycles. The van der Waals surface area contributed by atoms with E-state index in [2.05, 4.69) is 30.8 Å². The molecule has 2 aromatic rings. The Bertz CT molecular complexity index is 619. The lowest BCUT2D eigenvalue weighted by atomic mass is 9.91. The highest BCUT2D eigenvalue weighted by molar-refractivity contribution is 9.08. The van der Waals surface area contributed by atoms with Gasteiger partial charge < -0.3 is 5.32 Å². The predicted octanol–water partition coefficient (Wildman–Crippen LogP) is 3.98. The van der Waals surface area contributed by atoms with Crippen LogP contribution in [0.15, 0.2) is 24.3 Å². The summed E-state index contributed by atoms with van der Waals surface area (Å²) in [7, 11) is 0. The Balaban J connectivity index is 2.22. The SMILES string of the molecule is CC(C)(C)c1nnsc1C(=O)Nc1cccc(CBr)c1. The van der Waals surface area contributed by atoms with Crippen LogP contribution in [0, 0.1) is 0 Å². The summed E-state index contributed by atoms with van der Waals surface area (Å²) in [6.07, 6.45) is 0. The van der Waals surface area contributed by atoms with Crippen molar-refractivity contribution >= 4 is 39.1 Å². The number of benzene rings is 1. The first-order valence-corrected chi connectivity index (χ1v) is 8.10. The summed E-state index contributed by atoms with van der Waals surface area (Å²) in [6.45, 7) is 6.06. The van der Waals surface area contributed by atoms with E-state index in [0.29, 0.717) is 4.88 Å². The fourth-order valence-electron chi connectivity index (χ4n) is 1.75. The van der Waals surface area contributed by atoms with Crippen molar-refractivity contribution in [3.05, 3.63) is 40.4 Å². The quantitative estimate of drug-likeness (QED) is 0.849. The summed E-state index contributed by atoms with van der Waals surface area (Å²) in [5, 5.41) is 7.74. The lowest BCUT2D eigenvalue weighted by Gasteiger charge is -2.16. The molecule has 0 unspecified atom stereocenters. The number of anilines is 1. The second-order valence-electron chi connectivity index (χ2n) is 5.49. The van der Waals surface area contributed by atoms with Gasteiger partial charge in [0.25, 0.3) is 5.91 Å². The van der Waals surface area contributed by atoms with Gasteiger partial charge in [-0.05, 0) is 29.2 Å². The molecule has 0 aliphatic rings. The van der Waals surface area contributed by atoms with Gasteiger partial charge in [-0.25, -0.2) is 0 Å². The van der Waals surface area contributed by atoms with E-state index in [1.165, 1.54) is 0 Å². The van der Waals surface area contributed by atoms with Gasteiger partial charge in [-0.2, -0.15) is 0 Å². The Labute approximate surface area is 130 Å². The van der Waals surface area contributed by atoms with Gasteiger partial charge in [-0.3, -0.25) is 4.79 Å². The summed E-state index contributed by atoms with van der Waals surface area (Å²) >= 11 is 4.53. The van der Waals surface area contributed by atoms with Gasteiger partial charge in [-0.15, -0.1) is 5.10 Å². The molecule has 0 spiro atoms. The van der Waals surface area contributed by atoms with Crippen LogP contribution in [0.1, 0.15) is 41.7 Å². The Hall–Kier alpha value is -1.27. The third-order valence-electron chi connectivity index (χ3n) is 2.74. The number of hydrogen-bond donors (Lipinski definition) is 1. The predicted molar refractivity (Wildman–Crippen MR) is 85.6 cm³/mol. The van der Waals surface area contributed by atoms with E-state index < -0.39 is 0 Å². The highest BCUT2D eigenvalue weighted by Gasteiger charge is 2.26. The lowest BCUT2D eigenvalue weighted by molar-refractivity contribution is 0.102. The maximum absolute atomic E-state index is 12.3. The molecule has 1 amide bonds. The van der Waals surface area contributed by atoms with E-state index in [9.17, 15) is 4.79 Å². The molecule has 0 fully saturated rings. The van der Waals surface area contributed by atoms with Gasteiger partial charge in [0.2, 0.25) is 0 Å². The molecule has 0 atom stereocenters. The first-order chi connectivity index (χ1) is 9.41. The van der Waals surface area contributed by atoms with Crippen LogP contribution in [-0.4, -0.2) is 15.5 Å². The number of halogens is 1. The lowest BCUT2D eigenvalue weighted by Crippen LogP contribution is -2.19. The molecule has 0 bridgehead atoms. The molecule has 106 valence electrons. The number of aromatic nitrogens is 2. The molecule has 1 aromatic carbocycles. The number of nitrogens with one attached hydrogen (secondary N) is 1. The van der Waals surface area contributed by atoms with E-state index >= 15 is 0 Å². The number of hydrogen-bond acceptors (Lipinski definition) is 4. The normalized spacial score (nSPS) is 11.4. The Morgan fingerprint density at radius 3 is 2.80 bits per heavy atom. The van der Waals surface area contributed by atoms with Crippen molar-refractivity contribution in [2.45, 2.75) is 31.5 Å². The minimum absolute atomic E-state index is 0.156. The number of carbonyl (C=O) groups excluding carboxylic acids is 1. The first-order valence-electron chi connectivity index (χ1n) is 6.21. The molecule has 0 aliphatic heterocycles. The van der Waals surface area contributed by atoms with Gasteiger partial charge in [0.15, 0.2) is 0 Å². The number of alkyl halides is 1. The van der Waals surface area contributed by atoms with E-state index in [-0.39, 0.29) is 11.3 Å². The minimum Gasteiger partial charge on any atom is -0.321 e. The van der Waals surface area contributed by atoms with Crippen LogP contribution in [0.5, 0.6) is 0 Å². The molecule has 1 heterocycles. The van der Waals surface area contributed by atoms with Crippen molar-refractivity contribution in [1.82, 2.24) is 9.59 Å². The van der Waals surface area contributed by atoms with Crippen molar-refractivity contribution < 1.29 is 4.79 Å². The molecule has 1 N–H and O–H groups in total. The van der Waals surface area contributed by atoms with Crippen LogP contribution in [-0.2, 0) is 10.7 Å². The molecular weight excluding hydrogens is 338 g/mol. The minimum atomic E-state index is -0.197. The summed E-state index contributed by atoms with van der Waals surface area (Å²) in [6, 6.07) is 7.73. The molecule has 4 nitrogen and oxygen atoms in total. The summed E-state index contributed by atoms with van der Waals surface area (Å²) < 4.78 is 3.91. The average Bonchev–Trinajstić information content (AvgIpc) is 2.88. The fraction of sp³-hybridized carbons (Fsp3) is 0.357. The monoisotopic (exact) mass is 353 g/mol. The number of amides is 1. The smallest absolute Gasteiger partial charge is 0.269 e. The first kappa shape index (κ1) is 15.1. The summed E-state index contributed by atoms with van der Waals surface area (Å²) in [4.78, 5) is 12.9. The Morgan fingerprint density at radius 1 is 1.40 bits per heavy atom. The molecule has 20 heavy (non-hydrogen) atoms. The third-order valence-corrected chi connectivity index (χ3v) is 4.12. The zero-order chi connectivity index (χ0) is 14.8. The zero-order valence-electron chi connectivity index (χ0n) is 11.6. The maximum Gasteiger partial charge on any atom is 0.269 e. The van der Waals surface area contributed by atoms with E-state index in [4.69, 9.17) is 0 Å². The van der Waals surface area contributed by atoms with E-state index in [1.807, 2.05) is 45.0 Å². The van der Waals surface area contributed by atoms with Crippen molar-refractivity contribution in [2.24, 2.45) is 0 Å². The van der Waals surface area contributed by atoms with Gasteiger partial charge in [0.05, 0.1) is 5.69 Å². The number of carbonyl (C=O) groups is 1. The Kier molecular flexibility index (Phi) is 4.55. The summed E-state index contributed by atoms with van der Waals surface area (Å²) in [5.41, 5.74) is 2.43. The summed E-state index contributed by atoms with van der Waals surface area (Å²) in [5.74, 6) is -0.156. The highest BCUT2D eigenvalue weighted by atomic mass is 79.9. The molecular formula is C14H16BrN3OS. The number of nitrogens with zero attached hydrogens (tertiary/aromatic N) is 2. The van der Waals surface area contributed by atoms with Crippen molar-refractivity contribution in [3.63, 3.8) is 0 Å². The van der Waals surface area contributed by atoms with Crippen molar-refractivity contribution in [3.8, 4) is 0 Å². The maximum atomic E-state index is 12.3. The van der Waals surface area contributed by atoms with Gasteiger partial charge >= 0.3 is 0 Å². The molecule has 0 aliphatic carbocycles. The number of rotatable bonds is 3. The molecule has 0 saturated carbocycles. The second kappa shape index (κ2) is 6.01. The van der Waals surface area contributed by atoms with Gasteiger partial charge in [-0.1, -0.05) is 53.3 Å². The van der Waals surface area contributed by atoms with E-state index in [0.717, 1.165) is 33.8 Å². The second-order valence-corrected chi connectivity index (χ2v) is 6.80. The van der Waals surface area contributed by atoms with Gasteiger partial charge in [0.1, 0.15) is 4.88 Å². The van der Waals surface area contributed by atoms with Gasteiger partial charge in [0, 0.05) is 16.4 Å². The van der Waals surface area contributed by atoms with Crippen LogP contribution in [0.2, 0.25) is 0 Å². The fourth-order valence-corrected chi connectivity index (χ4v) is 2.87. The molecule has 0 radical (unpaired) electrons. The zero-order valence-corrected chi connectivity index (χ0v) is 14.0. The molecule has 6 heteroatoms. The standard InChI is InChI=1S/C14H16BrN3OS/c1-14(2,3)12-11(20-18-17-12)13(19)16-10-6-4-5-9(7-10)8-15/h4-7H,8H2,1-3H3,(H,16,19). The van der Waals surface area contributed by atoms with Crippen LogP contribution in [0.3, 0.4) is 0 Å². The van der Waals surface area contributed by atoms with Crippen molar-refractivity contribution in [2.75, 3.05) is 5.32 Å². The Morgan fingerprint density at radius 2 is 2.15 bits per heavy atom. The molecule has 0 saturated heterocycles. The third kappa shape index (κ3) is 3.43. The van der Waals surface area contributed by atoms with Crippen LogP contribution < -0.4 is 5.32 Å². The molecule has 2 rings (SSSR count). The van der Waals surface area contributed by atoms with Crippen molar-refractivity contribution in [1.29, 1.82) is 0 Å². The van der Waals surface area contributed by atoms with Crippen LogP contribution in [0.4, 0.5) is 5.69 Å². The topological polar surface area (TPSA) is 54.9 Å². The van der Waals surface area contributed by atoms with Crippen LogP contribution >= 0.6 is 27.5 Å². The largest absolute Gasteiger partial charge is 0.321 e. The van der Waals surface area contributed by atoms with E-state index in [1.54, 1.807) is 0 Å². The highest BCUT2D eigenvalue weighted by Crippen LogP contribution is 2.26.